The second-order valence-electron chi connectivity index (χ2n) is 3.61. The minimum Gasteiger partial charge on any atom is -0.478 e. The summed E-state index contributed by atoms with van der Waals surface area (Å²) in [4.78, 5) is 32.9. The van der Waals surface area contributed by atoms with Crippen molar-refractivity contribution in [2.45, 2.75) is 12.5 Å². The molecule has 88 valence electrons. The molecule has 1 atom stereocenters. The van der Waals surface area contributed by atoms with Crippen LogP contribution in [0.15, 0.2) is 18.2 Å². The van der Waals surface area contributed by atoms with E-state index >= 15 is 0 Å². The van der Waals surface area contributed by atoms with Gasteiger partial charge in [-0.15, -0.1) is 0 Å². The van der Waals surface area contributed by atoms with Gasteiger partial charge in [-0.2, -0.15) is 0 Å². The van der Waals surface area contributed by atoms with Crippen LogP contribution < -0.4 is 0 Å². The molecule has 2 N–H and O–H groups in total. The highest BCUT2D eigenvalue weighted by atomic mass is 16.6. The van der Waals surface area contributed by atoms with Gasteiger partial charge in [0.1, 0.15) is 0 Å². The fourth-order valence-corrected chi connectivity index (χ4v) is 1.67. The minimum absolute atomic E-state index is 0.0163. The molecule has 0 fully saturated rings. The first-order valence-corrected chi connectivity index (χ1v) is 4.79. The van der Waals surface area contributed by atoms with Crippen LogP contribution in [0, 0.1) is 0 Å². The van der Waals surface area contributed by atoms with Gasteiger partial charge >= 0.3 is 17.9 Å². The number of hydrogen-bond donors (Lipinski definition) is 2. The topological polar surface area (TPSA) is 101 Å². The van der Waals surface area contributed by atoms with Gasteiger partial charge in [-0.1, -0.05) is 0 Å². The van der Waals surface area contributed by atoms with Crippen molar-refractivity contribution < 1.29 is 29.3 Å². The van der Waals surface area contributed by atoms with Crippen LogP contribution in [0.25, 0.3) is 0 Å². The molecule has 17 heavy (non-hydrogen) atoms. The van der Waals surface area contributed by atoms with Gasteiger partial charge in [0.05, 0.1) is 11.1 Å². The van der Waals surface area contributed by atoms with Crippen LogP contribution in [0.2, 0.25) is 0 Å². The van der Waals surface area contributed by atoms with Gasteiger partial charge in [0, 0.05) is 6.42 Å². The van der Waals surface area contributed by atoms with Crippen molar-refractivity contribution in [2.24, 2.45) is 0 Å². The van der Waals surface area contributed by atoms with Crippen molar-refractivity contribution in [3.63, 3.8) is 0 Å². The van der Waals surface area contributed by atoms with Crippen molar-refractivity contribution in [3.05, 3.63) is 34.9 Å². The number of rotatable bonds is 2. The zero-order chi connectivity index (χ0) is 12.6. The summed E-state index contributed by atoms with van der Waals surface area (Å²) in [6.07, 6.45) is -1.27. The van der Waals surface area contributed by atoms with Crippen LogP contribution in [-0.2, 0) is 16.0 Å². The molecule has 0 spiro atoms. The van der Waals surface area contributed by atoms with Crippen LogP contribution in [0.1, 0.15) is 26.3 Å². The maximum Gasteiger partial charge on any atom is 0.345 e. The fraction of sp³-hybridized carbons (Fsp3) is 0.182. The van der Waals surface area contributed by atoms with Gasteiger partial charge in [-0.3, -0.25) is 0 Å². The Bertz CT molecular complexity index is 519. The van der Waals surface area contributed by atoms with Crippen LogP contribution in [0.4, 0.5) is 0 Å². The normalized spacial score (nSPS) is 18.1. The number of benzene rings is 1. The van der Waals surface area contributed by atoms with Gasteiger partial charge in [-0.05, 0) is 23.8 Å². The van der Waals surface area contributed by atoms with Crippen molar-refractivity contribution >= 4 is 17.9 Å². The molecule has 1 aromatic rings. The molecule has 0 aromatic heterocycles. The first-order valence-electron chi connectivity index (χ1n) is 4.79. The van der Waals surface area contributed by atoms with Gasteiger partial charge in [0.25, 0.3) is 0 Å². The van der Waals surface area contributed by atoms with E-state index in [1.54, 1.807) is 0 Å². The van der Waals surface area contributed by atoms with Crippen molar-refractivity contribution in [2.75, 3.05) is 0 Å². The Morgan fingerprint density at radius 2 is 2.00 bits per heavy atom. The summed E-state index contributed by atoms with van der Waals surface area (Å²) in [5.74, 6) is -3.11. The van der Waals surface area contributed by atoms with Crippen molar-refractivity contribution in [1.29, 1.82) is 0 Å². The highest BCUT2D eigenvalue weighted by Gasteiger charge is 2.31. The molecule has 0 aliphatic carbocycles. The van der Waals surface area contributed by atoms with E-state index in [0.29, 0.717) is 5.56 Å². The number of carboxylic acids is 2. The lowest BCUT2D eigenvalue weighted by atomic mass is 9.96. The van der Waals surface area contributed by atoms with Gasteiger partial charge in [0.2, 0.25) is 6.10 Å². The van der Waals surface area contributed by atoms with Crippen LogP contribution >= 0.6 is 0 Å². The number of ether oxygens (including phenoxy) is 1. The molecule has 2 rings (SSSR count). The molecule has 1 heterocycles. The van der Waals surface area contributed by atoms with E-state index in [4.69, 9.17) is 10.2 Å². The molecule has 0 bridgehead atoms. The molecule has 1 aromatic carbocycles. The fourth-order valence-electron chi connectivity index (χ4n) is 1.67. The van der Waals surface area contributed by atoms with E-state index in [0.717, 1.165) is 0 Å². The lowest BCUT2D eigenvalue weighted by Gasteiger charge is -2.21. The Morgan fingerprint density at radius 3 is 2.59 bits per heavy atom. The van der Waals surface area contributed by atoms with Crippen molar-refractivity contribution in [1.82, 2.24) is 0 Å². The predicted octanol–water partition coefficient (Wildman–Crippen LogP) is 0.551. The van der Waals surface area contributed by atoms with E-state index < -0.39 is 24.0 Å². The zero-order valence-electron chi connectivity index (χ0n) is 8.54. The third-order valence-electron chi connectivity index (χ3n) is 2.50. The van der Waals surface area contributed by atoms with Crippen LogP contribution in [0.5, 0.6) is 0 Å². The first-order chi connectivity index (χ1) is 7.99. The largest absolute Gasteiger partial charge is 0.478 e. The monoisotopic (exact) mass is 236 g/mol. The standard InChI is InChI=1S/C11H8O6/c12-9(13)5-1-2-7-6(3-5)4-8(10(14)15)17-11(7)16/h1-3,8H,4H2,(H,12,13)(H,14,15)/t8-/m1/s1. The highest BCUT2D eigenvalue weighted by Crippen LogP contribution is 2.22. The number of aromatic carboxylic acids is 1. The van der Waals surface area contributed by atoms with E-state index in [1.165, 1.54) is 18.2 Å². The Morgan fingerprint density at radius 1 is 1.29 bits per heavy atom. The molecule has 0 amide bonds. The van der Waals surface area contributed by atoms with E-state index in [2.05, 4.69) is 4.74 Å². The van der Waals surface area contributed by atoms with Gasteiger partial charge in [-0.25, -0.2) is 14.4 Å². The summed E-state index contributed by atoms with van der Waals surface area (Å²) in [6, 6.07) is 3.91. The van der Waals surface area contributed by atoms with Gasteiger partial charge < -0.3 is 14.9 Å². The summed E-state index contributed by atoms with van der Waals surface area (Å²) in [7, 11) is 0. The minimum atomic E-state index is -1.25. The number of carboxylic acid groups (broad SMARTS) is 2. The summed E-state index contributed by atoms with van der Waals surface area (Å²) in [6.45, 7) is 0. The second-order valence-corrected chi connectivity index (χ2v) is 3.61. The molecular weight excluding hydrogens is 228 g/mol. The molecule has 0 unspecified atom stereocenters. The Balaban J connectivity index is 2.43. The molecule has 0 radical (unpaired) electrons. The maximum absolute atomic E-state index is 11.4. The number of carbonyl (C=O) groups is 3. The third-order valence-corrected chi connectivity index (χ3v) is 2.50. The summed E-state index contributed by atoms with van der Waals surface area (Å²) < 4.78 is 4.69. The molecule has 0 saturated carbocycles. The number of esters is 1. The number of aliphatic carboxylic acids is 1. The second kappa shape index (κ2) is 3.89. The van der Waals surface area contributed by atoms with E-state index in [1.807, 2.05) is 0 Å². The predicted molar refractivity (Wildman–Crippen MR) is 53.9 cm³/mol. The molecular formula is C11H8O6. The summed E-state index contributed by atoms with van der Waals surface area (Å²) in [5.41, 5.74) is 0.614. The van der Waals surface area contributed by atoms with E-state index in [9.17, 15) is 14.4 Å². The Kier molecular flexibility index (Phi) is 2.55. The molecule has 1 aliphatic rings. The number of cyclic esters (lactones) is 1. The summed E-state index contributed by atoms with van der Waals surface area (Å²) in [5, 5.41) is 17.6. The zero-order valence-corrected chi connectivity index (χ0v) is 8.54. The Hall–Kier alpha value is -2.37. The molecule has 0 saturated heterocycles. The average molecular weight is 236 g/mol. The lowest BCUT2D eigenvalue weighted by Crippen LogP contribution is -2.34. The SMILES string of the molecule is O=C(O)c1ccc2c(c1)C[C@H](C(=O)O)OC2=O. The van der Waals surface area contributed by atoms with Crippen LogP contribution in [-0.4, -0.2) is 34.2 Å². The lowest BCUT2D eigenvalue weighted by molar-refractivity contribution is -0.147. The molecule has 1 aliphatic heterocycles. The molecule has 6 heteroatoms. The maximum atomic E-state index is 11.4. The molecule has 6 nitrogen and oxygen atoms in total. The van der Waals surface area contributed by atoms with Gasteiger partial charge in [0.15, 0.2) is 0 Å². The smallest absolute Gasteiger partial charge is 0.345 e. The first kappa shape index (κ1) is 11.1. The number of fused-ring (bicyclic) bond motifs is 1. The quantitative estimate of drug-likeness (QED) is 0.727. The van der Waals surface area contributed by atoms with E-state index in [-0.39, 0.29) is 17.5 Å². The third kappa shape index (κ3) is 1.96. The summed E-state index contributed by atoms with van der Waals surface area (Å²) >= 11 is 0. The Labute approximate surface area is 95.4 Å². The average Bonchev–Trinajstić information content (AvgIpc) is 2.27. The highest BCUT2D eigenvalue weighted by molar-refractivity contribution is 5.96. The number of hydrogen-bond acceptors (Lipinski definition) is 4. The van der Waals surface area contributed by atoms with Crippen molar-refractivity contribution in [3.8, 4) is 0 Å². The van der Waals surface area contributed by atoms with Crippen LogP contribution in [0.3, 0.4) is 0 Å². The number of carbonyl (C=O) groups excluding carboxylic acids is 1.